The Kier molecular flexibility index (Phi) is 4.86. The zero-order valence-corrected chi connectivity index (χ0v) is 13.0. The van der Waals surface area contributed by atoms with Crippen LogP contribution in [0.15, 0.2) is 47.4 Å². The number of nitrogens with zero attached hydrogens (tertiary/aromatic N) is 1. The molecule has 108 valence electrons. The molecule has 0 aliphatic rings. The molecule has 0 atom stereocenters. The number of rotatable bonds is 4. The summed E-state index contributed by atoms with van der Waals surface area (Å²) in [7, 11) is -3.73. The quantitative estimate of drug-likeness (QED) is 0.927. The molecule has 0 spiro atoms. The van der Waals surface area contributed by atoms with E-state index < -0.39 is 10.0 Å². The fraction of sp³-hybridized carbons (Fsp3) is 0.0714. The molecule has 4 nitrogen and oxygen atoms in total. The van der Waals surface area contributed by atoms with Gasteiger partial charge in [-0.15, -0.1) is 0 Å². The summed E-state index contributed by atoms with van der Waals surface area (Å²) in [6.45, 7) is 0.0691. The molecule has 2 rings (SSSR count). The van der Waals surface area contributed by atoms with Crippen molar-refractivity contribution in [1.82, 2.24) is 4.72 Å². The van der Waals surface area contributed by atoms with Crippen LogP contribution in [0.5, 0.6) is 0 Å². The Morgan fingerprint density at radius 3 is 2.43 bits per heavy atom. The maximum Gasteiger partial charge on any atom is 0.240 e. The molecular weight excluding hydrogens is 331 g/mol. The second-order valence-electron chi connectivity index (χ2n) is 4.17. The maximum absolute atomic E-state index is 12.2. The van der Waals surface area contributed by atoms with Crippen molar-refractivity contribution in [3.8, 4) is 6.07 Å². The number of hydrogen-bond acceptors (Lipinski definition) is 3. The van der Waals surface area contributed by atoms with Gasteiger partial charge in [-0.25, -0.2) is 13.1 Å². The summed E-state index contributed by atoms with van der Waals surface area (Å²) in [5, 5.41) is 9.36. The van der Waals surface area contributed by atoms with Gasteiger partial charge in [0.25, 0.3) is 0 Å². The predicted molar refractivity (Wildman–Crippen MR) is 81.6 cm³/mol. The molecule has 0 aliphatic carbocycles. The fourth-order valence-corrected chi connectivity index (χ4v) is 3.17. The molecule has 0 amide bonds. The van der Waals surface area contributed by atoms with E-state index in [-0.39, 0.29) is 22.0 Å². The van der Waals surface area contributed by atoms with E-state index in [1.807, 2.05) is 6.07 Å². The van der Waals surface area contributed by atoms with Crippen LogP contribution in [0, 0.1) is 11.3 Å². The third-order valence-corrected chi connectivity index (χ3v) is 4.86. The van der Waals surface area contributed by atoms with Crippen molar-refractivity contribution in [2.24, 2.45) is 0 Å². The first-order chi connectivity index (χ1) is 9.94. The second kappa shape index (κ2) is 6.46. The third-order valence-electron chi connectivity index (χ3n) is 2.78. The topological polar surface area (TPSA) is 70.0 Å². The van der Waals surface area contributed by atoms with Gasteiger partial charge in [0.2, 0.25) is 10.0 Å². The molecule has 21 heavy (non-hydrogen) atoms. The molecule has 0 radical (unpaired) electrons. The highest BCUT2D eigenvalue weighted by atomic mass is 35.5. The first-order valence-corrected chi connectivity index (χ1v) is 8.10. The molecular formula is C14H10Cl2N2O2S. The first kappa shape index (κ1) is 15.8. The Bertz CT molecular complexity index is 814. The zero-order valence-electron chi connectivity index (χ0n) is 10.7. The minimum Gasteiger partial charge on any atom is -0.207 e. The Balaban J connectivity index is 2.21. The van der Waals surface area contributed by atoms with Gasteiger partial charge in [-0.3, -0.25) is 0 Å². The van der Waals surface area contributed by atoms with Crippen LogP contribution in [0.1, 0.15) is 11.1 Å². The van der Waals surface area contributed by atoms with Gasteiger partial charge in [0, 0.05) is 11.6 Å². The highest BCUT2D eigenvalue weighted by Crippen LogP contribution is 2.21. The normalized spacial score (nSPS) is 11.1. The standard InChI is InChI=1S/C14H10Cl2N2O2S/c15-13-4-2-1-3-11(13)9-18-21(19,20)12-6-5-10(8-17)14(16)7-12/h1-7,18H,9H2. The molecule has 7 heteroatoms. The molecule has 0 fully saturated rings. The summed E-state index contributed by atoms with van der Waals surface area (Å²) < 4.78 is 26.8. The van der Waals surface area contributed by atoms with Crippen molar-refractivity contribution in [2.75, 3.05) is 0 Å². The SMILES string of the molecule is N#Cc1ccc(S(=O)(=O)NCc2ccccc2Cl)cc1Cl. The van der Waals surface area contributed by atoms with Gasteiger partial charge < -0.3 is 0 Å². The number of benzene rings is 2. The van der Waals surface area contributed by atoms with Crippen molar-refractivity contribution in [3.63, 3.8) is 0 Å². The van der Waals surface area contributed by atoms with Crippen molar-refractivity contribution in [2.45, 2.75) is 11.4 Å². The van der Waals surface area contributed by atoms with Gasteiger partial charge in [-0.1, -0.05) is 41.4 Å². The zero-order chi connectivity index (χ0) is 15.5. The van der Waals surface area contributed by atoms with Gasteiger partial charge in [0.05, 0.1) is 15.5 Å². The van der Waals surface area contributed by atoms with Crippen LogP contribution in [0.4, 0.5) is 0 Å². The van der Waals surface area contributed by atoms with E-state index in [4.69, 9.17) is 28.5 Å². The lowest BCUT2D eigenvalue weighted by atomic mass is 10.2. The monoisotopic (exact) mass is 340 g/mol. The molecule has 0 bridgehead atoms. The van der Waals surface area contributed by atoms with Crippen molar-refractivity contribution >= 4 is 33.2 Å². The third kappa shape index (κ3) is 3.74. The lowest BCUT2D eigenvalue weighted by Gasteiger charge is -2.08. The van der Waals surface area contributed by atoms with Crippen LogP contribution in [-0.4, -0.2) is 8.42 Å². The molecule has 0 aromatic heterocycles. The molecule has 0 aliphatic heterocycles. The van der Waals surface area contributed by atoms with Crippen molar-refractivity contribution in [1.29, 1.82) is 5.26 Å². The van der Waals surface area contributed by atoms with E-state index in [0.717, 1.165) is 0 Å². The molecule has 0 saturated carbocycles. The van der Waals surface area contributed by atoms with E-state index >= 15 is 0 Å². The molecule has 2 aromatic rings. The minimum absolute atomic E-state index is 0.00134. The molecule has 0 heterocycles. The van der Waals surface area contributed by atoms with E-state index in [9.17, 15) is 8.42 Å². The Morgan fingerprint density at radius 2 is 1.81 bits per heavy atom. The number of hydrogen-bond donors (Lipinski definition) is 1. The van der Waals surface area contributed by atoms with Crippen LogP contribution in [0.25, 0.3) is 0 Å². The Morgan fingerprint density at radius 1 is 1.10 bits per heavy atom. The van der Waals surface area contributed by atoms with E-state index in [1.165, 1.54) is 18.2 Å². The molecule has 0 saturated heterocycles. The van der Waals surface area contributed by atoms with Crippen LogP contribution in [0.3, 0.4) is 0 Å². The molecule has 0 unspecified atom stereocenters. The lowest BCUT2D eigenvalue weighted by Crippen LogP contribution is -2.23. The fourth-order valence-electron chi connectivity index (χ4n) is 1.65. The highest BCUT2D eigenvalue weighted by molar-refractivity contribution is 7.89. The summed E-state index contributed by atoms with van der Waals surface area (Å²) in [6.07, 6.45) is 0. The summed E-state index contributed by atoms with van der Waals surface area (Å²) in [4.78, 5) is -0.00134. The van der Waals surface area contributed by atoms with Crippen LogP contribution >= 0.6 is 23.2 Å². The summed E-state index contributed by atoms with van der Waals surface area (Å²) in [5.41, 5.74) is 0.893. The number of nitriles is 1. The van der Waals surface area contributed by atoms with Crippen LogP contribution < -0.4 is 4.72 Å². The molecule has 1 N–H and O–H groups in total. The predicted octanol–water partition coefficient (Wildman–Crippen LogP) is 3.34. The average molecular weight is 341 g/mol. The van der Waals surface area contributed by atoms with E-state index in [1.54, 1.807) is 24.3 Å². The van der Waals surface area contributed by atoms with Gasteiger partial charge in [-0.05, 0) is 29.8 Å². The smallest absolute Gasteiger partial charge is 0.207 e. The van der Waals surface area contributed by atoms with Gasteiger partial charge in [0.15, 0.2) is 0 Å². The van der Waals surface area contributed by atoms with E-state index in [0.29, 0.717) is 10.6 Å². The summed E-state index contributed by atoms with van der Waals surface area (Å²) in [6, 6.07) is 12.8. The lowest BCUT2D eigenvalue weighted by molar-refractivity contribution is 0.581. The van der Waals surface area contributed by atoms with Crippen molar-refractivity contribution in [3.05, 3.63) is 63.6 Å². The minimum atomic E-state index is -3.73. The highest BCUT2D eigenvalue weighted by Gasteiger charge is 2.16. The maximum atomic E-state index is 12.2. The molecule has 2 aromatic carbocycles. The van der Waals surface area contributed by atoms with E-state index in [2.05, 4.69) is 4.72 Å². The number of nitrogens with one attached hydrogen (secondary N) is 1. The first-order valence-electron chi connectivity index (χ1n) is 5.87. The average Bonchev–Trinajstić information content (AvgIpc) is 2.46. The largest absolute Gasteiger partial charge is 0.240 e. The van der Waals surface area contributed by atoms with Crippen LogP contribution in [-0.2, 0) is 16.6 Å². The number of halogens is 2. The van der Waals surface area contributed by atoms with Crippen LogP contribution in [0.2, 0.25) is 10.0 Å². The van der Waals surface area contributed by atoms with Gasteiger partial charge in [0.1, 0.15) is 6.07 Å². The number of sulfonamides is 1. The van der Waals surface area contributed by atoms with Crippen molar-refractivity contribution < 1.29 is 8.42 Å². The Hall–Kier alpha value is -1.58. The van der Waals surface area contributed by atoms with Gasteiger partial charge >= 0.3 is 0 Å². The van der Waals surface area contributed by atoms with Gasteiger partial charge in [-0.2, -0.15) is 5.26 Å². The Labute approximate surface area is 133 Å². The second-order valence-corrected chi connectivity index (χ2v) is 6.75. The summed E-state index contributed by atoms with van der Waals surface area (Å²) >= 11 is 11.8. The summed E-state index contributed by atoms with van der Waals surface area (Å²) in [5.74, 6) is 0.